The summed E-state index contributed by atoms with van der Waals surface area (Å²) < 4.78 is 19.4. The van der Waals surface area contributed by atoms with Crippen LogP contribution in [0.3, 0.4) is 0 Å². The van der Waals surface area contributed by atoms with Gasteiger partial charge in [-0.1, -0.05) is 0 Å². The highest BCUT2D eigenvalue weighted by Gasteiger charge is 2.25. The molecule has 0 aliphatic carbocycles. The van der Waals surface area contributed by atoms with Crippen LogP contribution in [-0.2, 0) is 9.47 Å². The van der Waals surface area contributed by atoms with E-state index in [2.05, 4.69) is 90.4 Å². The second-order valence-corrected chi connectivity index (χ2v) is 9.81. The first kappa shape index (κ1) is 20.1. The summed E-state index contributed by atoms with van der Waals surface area (Å²) in [5.41, 5.74) is 0.483. The normalized spacial score (nSPS) is 15.8. The van der Waals surface area contributed by atoms with E-state index in [-0.39, 0.29) is 24.4 Å². The summed E-state index contributed by atoms with van der Waals surface area (Å²) in [6.45, 7) is 0.938. The lowest BCUT2D eigenvalue weighted by Crippen LogP contribution is -2.11. The van der Waals surface area contributed by atoms with Crippen LogP contribution in [-0.4, -0.2) is 30.4 Å². The summed E-state index contributed by atoms with van der Waals surface area (Å²) in [4.78, 5) is 12.1. The van der Waals surface area contributed by atoms with Crippen LogP contribution in [0.1, 0.15) is 10.4 Å². The minimum absolute atomic E-state index is 0.0451. The van der Waals surface area contributed by atoms with Gasteiger partial charge < -0.3 is 19.3 Å². The number of phenols is 1. The molecule has 0 saturated carbocycles. The van der Waals surface area contributed by atoms with Gasteiger partial charge >= 0.3 is 5.97 Å². The number of hydrogen-bond donors (Lipinski definition) is 1. The summed E-state index contributed by atoms with van der Waals surface area (Å²) in [6, 6.07) is 6.92. The van der Waals surface area contributed by atoms with Crippen LogP contribution in [0.15, 0.2) is 24.3 Å². The van der Waals surface area contributed by atoms with Crippen molar-refractivity contribution in [1.29, 1.82) is 0 Å². The van der Waals surface area contributed by atoms with E-state index in [4.69, 9.17) is 14.2 Å². The molecule has 1 aliphatic heterocycles. The predicted octanol–water partition coefficient (Wildman–Crippen LogP) is 5.16. The molecule has 1 heterocycles. The van der Waals surface area contributed by atoms with E-state index in [1.807, 2.05) is 0 Å². The van der Waals surface area contributed by atoms with Crippen molar-refractivity contribution in [2.75, 3.05) is 13.2 Å². The van der Waals surface area contributed by atoms with Crippen LogP contribution in [0, 0.1) is 14.3 Å². The zero-order chi connectivity index (χ0) is 18.1. The van der Waals surface area contributed by atoms with E-state index >= 15 is 0 Å². The van der Waals surface area contributed by atoms with Crippen molar-refractivity contribution in [1.82, 2.24) is 0 Å². The Hall–Kier alpha value is 0.390. The molecule has 0 radical (unpaired) electrons. The Bertz CT molecular complexity index is 813. The van der Waals surface area contributed by atoms with E-state index in [1.54, 1.807) is 24.3 Å². The molecule has 1 atom stereocenters. The molecule has 1 saturated heterocycles. The molecule has 25 heavy (non-hydrogen) atoms. The number of halogens is 4. The summed E-state index contributed by atoms with van der Waals surface area (Å²) in [5.74, 6) is 1.17. The van der Waals surface area contributed by atoms with Crippen LogP contribution in [0.4, 0.5) is 0 Å². The van der Waals surface area contributed by atoms with E-state index in [0.29, 0.717) is 27.2 Å². The van der Waals surface area contributed by atoms with Crippen LogP contribution in [0.5, 0.6) is 17.2 Å². The summed E-state index contributed by atoms with van der Waals surface area (Å²) >= 11 is 8.44. The number of benzene rings is 2. The second-order valence-electron chi connectivity index (χ2n) is 5.16. The molecule has 1 unspecified atom stereocenters. The van der Waals surface area contributed by atoms with Gasteiger partial charge in [0.25, 0.3) is 0 Å². The standard InChI is InChI=1S/C16H10I4O5/c17-9-4-14(10(18)3-13(9)21)25-15-11(19)1-7(2-12(15)20)16(22)24-6-8-5-23-8/h1-4,8,21H,5-6H2. The number of epoxide rings is 1. The lowest BCUT2D eigenvalue weighted by atomic mass is 10.2. The Kier molecular flexibility index (Phi) is 6.93. The van der Waals surface area contributed by atoms with E-state index in [0.717, 1.165) is 10.7 Å². The fraction of sp³-hybridized carbons (Fsp3) is 0.188. The van der Waals surface area contributed by atoms with Crippen molar-refractivity contribution in [3.63, 3.8) is 0 Å². The third-order valence-corrected chi connectivity index (χ3v) is 6.56. The van der Waals surface area contributed by atoms with Crippen LogP contribution < -0.4 is 4.74 Å². The molecular formula is C16H10I4O5. The van der Waals surface area contributed by atoms with Gasteiger partial charge in [-0.05, 0) is 115 Å². The molecule has 0 aromatic heterocycles. The van der Waals surface area contributed by atoms with Crippen molar-refractivity contribution in [2.45, 2.75) is 6.10 Å². The van der Waals surface area contributed by atoms with Gasteiger partial charge in [0.05, 0.1) is 26.5 Å². The zero-order valence-electron chi connectivity index (χ0n) is 12.4. The molecule has 2 aromatic rings. The molecule has 9 heteroatoms. The number of aromatic hydroxyl groups is 1. The average Bonchev–Trinajstić information content (AvgIpc) is 3.37. The smallest absolute Gasteiger partial charge is 0.338 e. The number of phenolic OH excluding ortho intramolecular Hbond substituents is 1. The maximum atomic E-state index is 12.1. The van der Waals surface area contributed by atoms with Gasteiger partial charge in [0, 0.05) is 0 Å². The van der Waals surface area contributed by atoms with E-state index < -0.39 is 0 Å². The summed E-state index contributed by atoms with van der Waals surface area (Å²) in [6.07, 6.45) is 0.0451. The lowest BCUT2D eigenvalue weighted by Gasteiger charge is -2.14. The molecule has 132 valence electrons. The average molecular weight is 790 g/mol. The molecule has 3 rings (SSSR count). The molecule has 0 bridgehead atoms. The molecule has 0 amide bonds. The summed E-state index contributed by atoms with van der Waals surface area (Å²) in [5, 5.41) is 9.76. The highest BCUT2D eigenvalue weighted by Crippen LogP contribution is 2.37. The largest absolute Gasteiger partial charge is 0.507 e. The SMILES string of the molecule is O=C(OCC1CO1)c1cc(I)c(Oc2cc(I)c(O)cc2I)c(I)c1. The molecule has 2 aromatic carbocycles. The minimum atomic E-state index is -0.369. The maximum absolute atomic E-state index is 12.1. The zero-order valence-corrected chi connectivity index (χ0v) is 21.0. The quantitative estimate of drug-likeness (QED) is 0.258. The first-order valence-corrected chi connectivity index (χ1v) is 11.3. The Morgan fingerprint density at radius 3 is 2.32 bits per heavy atom. The van der Waals surface area contributed by atoms with Crippen LogP contribution in [0.25, 0.3) is 0 Å². The highest BCUT2D eigenvalue weighted by molar-refractivity contribution is 14.1. The molecule has 1 N–H and O–H groups in total. The van der Waals surface area contributed by atoms with Crippen molar-refractivity contribution >= 4 is 96.3 Å². The Labute approximate surface area is 198 Å². The van der Waals surface area contributed by atoms with Gasteiger partial charge in [0.2, 0.25) is 0 Å². The molecular weight excluding hydrogens is 780 g/mol. The van der Waals surface area contributed by atoms with Crippen LogP contribution in [0.2, 0.25) is 0 Å². The Morgan fingerprint density at radius 1 is 1.08 bits per heavy atom. The Balaban J connectivity index is 1.82. The lowest BCUT2D eigenvalue weighted by molar-refractivity contribution is 0.0476. The van der Waals surface area contributed by atoms with Crippen LogP contribution >= 0.6 is 90.4 Å². The van der Waals surface area contributed by atoms with Gasteiger partial charge in [-0.2, -0.15) is 0 Å². The first-order chi connectivity index (χ1) is 11.8. The van der Waals surface area contributed by atoms with Crippen molar-refractivity contribution in [3.05, 3.63) is 44.1 Å². The number of ether oxygens (including phenoxy) is 3. The monoisotopic (exact) mass is 790 g/mol. The highest BCUT2D eigenvalue weighted by atomic mass is 127. The molecule has 0 spiro atoms. The first-order valence-electron chi connectivity index (χ1n) is 6.98. The molecule has 5 nitrogen and oxygen atoms in total. The molecule has 1 fully saturated rings. The fourth-order valence-corrected chi connectivity index (χ4v) is 4.89. The van der Waals surface area contributed by atoms with Gasteiger partial charge in [-0.3, -0.25) is 0 Å². The van der Waals surface area contributed by atoms with Crippen molar-refractivity contribution < 1.29 is 24.1 Å². The van der Waals surface area contributed by atoms with E-state index in [1.165, 1.54) is 0 Å². The number of esters is 1. The van der Waals surface area contributed by atoms with Crippen molar-refractivity contribution in [3.8, 4) is 17.2 Å². The van der Waals surface area contributed by atoms with Gasteiger partial charge in [0.15, 0.2) is 5.75 Å². The second kappa shape index (κ2) is 8.60. The van der Waals surface area contributed by atoms with E-state index in [9.17, 15) is 9.90 Å². The summed E-state index contributed by atoms with van der Waals surface area (Å²) in [7, 11) is 0. The Morgan fingerprint density at radius 2 is 1.72 bits per heavy atom. The third kappa shape index (κ3) is 5.22. The number of carbonyl (C=O) groups is 1. The third-order valence-electron chi connectivity index (χ3n) is 3.25. The van der Waals surface area contributed by atoms with Gasteiger partial charge in [-0.25, -0.2) is 4.79 Å². The predicted molar refractivity (Wildman–Crippen MR) is 126 cm³/mol. The van der Waals surface area contributed by atoms with Gasteiger partial charge in [-0.15, -0.1) is 0 Å². The van der Waals surface area contributed by atoms with Crippen molar-refractivity contribution in [2.24, 2.45) is 0 Å². The minimum Gasteiger partial charge on any atom is -0.507 e. The maximum Gasteiger partial charge on any atom is 0.338 e. The number of carbonyl (C=O) groups excluding carboxylic acids is 1. The molecule has 1 aliphatic rings. The fourth-order valence-electron chi connectivity index (χ4n) is 1.90. The number of hydrogen-bond acceptors (Lipinski definition) is 5. The topological polar surface area (TPSA) is 68.3 Å². The van der Waals surface area contributed by atoms with Gasteiger partial charge in [0.1, 0.15) is 24.2 Å². The number of rotatable bonds is 5.